The van der Waals surface area contributed by atoms with E-state index >= 15 is 0 Å². The van der Waals surface area contributed by atoms with Gasteiger partial charge in [-0.25, -0.2) is 9.69 Å². The predicted octanol–water partition coefficient (Wildman–Crippen LogP) is 2.30. The molecule has 154 valence electrons. The van der Waals surface area contributed by atoms with Gasteiger partial charge in [-0.2, -0.15) is 5.10 Å². The molecule has 2 aromatic rings. The lowest BCUT2D eigenvalue weighted by Crippen LogP contribution is -2.39. The summed E-state index contributed by atoms with van der Waals surface area (Å²) in [5.74, 6) is -2.38. The third-order valence-electron chi connectivity index (χ3n) is 5.16. The first-order chi connectivity index (χ1) is 14.5. The van der Waals surface area contributed by atoms with Crippen molar-refractivity contribution in [2.45, 2.75) is 19.9 Å². The zero-order valence-corrected chi connectivity index (χ0v) is 16.9. The fourth-order valence-electron chi connectivity index (χ4n) is 3.75. The molecule has 0 N–H and O–H groups in total. The minimum Gasteiger partial charge on any atom is -0.495 e. The number of hydrogen-bond donors (Lipinski definition) is 0. The van der Waals surface area contributed by atoms with Crippen LogP contribution in [0.2, 0.25) is 0 Å². The van der Waals surface area contributed by atoms with Crippen LogP contribution in [0.3, 0.4) is 0 Å². The molecule has 0 aromatic heterocycles. The molecule has 2 amide bonds. The molecule has 8 nitrogen and oxygen atoms in total. The normalized spacial score (nSPS) is 20.3. The van der Waals surface area contributed by atoms with Crippen LogP contribution in [-0.2, 0) is 19.1 Å². The number of benzene rings is 2. The van der Waals surface area contributed by atoms with Gasteiger partial charge in [0, 0.05) is 0 Å². The topological polar surface area (TPSA) is 88.5 Å². The standard InChI is InChI=1S/C22H21N3O5/c1-4-30-22(28)18-17-19(25(23-18)14-11-9-13(2)10-12-14)21(27)24(20(17)26)15-7-5-6-8-16(15)29-3/h5-12,17,19H,4H2,1-3H3/t17-,19-/m0/s1. The lowest BCUT2D eigenvalue weighted by atomic mass is 9.97. The van der Waals surface area contributed by atoms with E-state index in [0.29, 0.717) is 17.1 Å². The zero-order valence-electron chi connectivity index (χ0n) is 16.9. The number of nitrogens with zero attached hydrogens (tertiary/aromatic N) is 3. The smallest absolute Gasteiger partial charge is 0.355 e. The summed E-state index contributed by atoms with van der Waals surface area (Å²) < 4.78 is 10.4. The second kappa shape index (κ2) is 7.62. The highest BCUT2D eigenvalue weighted by molar-refractivity contribution is 6.47. The van der Waals surface area contributed by atoms with Crippen LogP contribution in [0.25, 0.3) is 0 Å². The van der Waals surface area contributed by atoms with E-state index in [0.717, 1.165) is 10.5 Å². The first-order valence-electron chi connectivity index (χ1n) is 9.60. The summed E-state index contributed by atoms with van der Waals surface area (Å²) in [6, 6.07) is 13.1. The number of hydrazone groups is 1. The van der Waals surface area contributed by atoms with Gasteiger partial charge in [0.1, 0.15) is 17.7 Å². The maximum Gasteiger partial charge on any atom is 0.355 e. The molecule has 1 fully saturated rings. The highest BCUT2D eigenvalue weighted by Gasteiger charge is 2.59. The largest absolute Gasteiger partial charge is 0.495 e. The van der Waals surface area contributed by atoms with E-state index in [9.17, 15) is 14.4 Å². The second-order valence-electron chi connectivity index (χ2n) is 6.99. The molecule has 0 spiro atoms. The summed E-state index contributed by atoms with van der Waals surface area (Å²) in [5, 5.41) is 5.77. The first-order valence-corrected chi connectivity index (χ1v) is 9.60. The summed E-state index contributed by atoms with van der Waals surface area (Å²) in [7, 11) is 1.47. The van der Waals surface area contributed by atoms with Crippen LogP contribution in [-0.4, -0.2) is 43.3 Å². The Balaban J connectivity index is 1.81. The highest BCUT2D eigenvalue weighted by Crippen LogP contribution is 2.40. The molecule has 0 radical (unpaired) electrons. The molecule has 1 saturated heterocycles. The average molecular weight is 407 g/mol. The molecule has 0 bridgehead atoms. The van der Waals surface area contributed by atoms with E-state index in [1.807, 2.05) is 19.1 Å². The molecule has 4 rings (SSSR count). The first kappa shape index (κ1) is 19.6. The number of methoxy groups -OCH3 is 1. The van der Waals surface area contributed by atoms with Crippen LogP contribution in [0.1, 0.15) is 12.5 Å². The van der Waals surface area contributed by atoms with Gasteiger partial charge in [-0.3, -0.25) is 14.6 Å². The molecule has 8 heteroatoms. The van der Waals surface area contributed by atoms with Gasteiger partial charge in [0.2, 0.25) is 5.91 Å². The van der Waals surface area contributed by atoms with Gasteiger partial charge in [-0.15, -0.1) is 0 Å². The fraction of sp³-hybridized carbons (Fsp3) is 0.273. The maximum absolute atomic E-state index is 13.4. The lowest BCUT2D eigenvalue weighted by molar-refractivity contribution is -0.136. The van der Waals surface area contributed by atoms with Crippen molar-refractivity contribution in [2.24, 2.45) is 11.0 Å². The van der Waals surface area contributed by atoms with E-state index in [2.05, 4.69) is 5.10 Å². The number of aryl methyl sites for hydroxylation is 1. The molecule has 30 heavy (non-hydrogen) atoms. The van der Waals surface area contributed by atoms with E-state index < -0.39 is 29.7 Å². The predicted molar refractivity (Wildman–Crippen MR) is 110 cm³/mol. The number of ether oxygens (including phenoxy) is 2. The lowest BCUT2D eigenvalue weighted by Gasteiger charge is -2.23. The number of carbonyl (C=O) groups is 3. The zero-order chi connectivity index (χ0) is 21.4. The molecule has 2 aliphatic rings. The molecule has 2 aromatic carbocycles. The van der Waals surface area contributed by atoms with E-state index in [1.54, 1.807) is 43.3 Å². The Kier molecular flexibility index (Phi) is 4.99. The molecule has 2 atom stereocenters. The molecular weight excluding hydrogens is 386 g/mol. The Morgan fingerprint density at radius 2 is 1.77 bits per heavy atom. The van der Waals surface area contributed by atoms with Crippen LogP contribution >= 0.6 is 0 Å². The quantitative estimate of drug-likeness (QED) is 0.558. The van der Waals surface area contributed by atoms with Crippen LogP contribution in [0.4, 0.5) is 11.4 Å². The van der Waals surface area contributed by atoms with Crippen molar-refractivity contribution in [2.75, 3.05) is 23.6 Å². The molecule has 0 saturated carbocycles. The van der Waals surface area contributed by atoms with Crippen LogP contribution in [0.5, 0.6) is 5.75 Å². The van der Waals surface area contributed by atoms with Gasteiger partial charge in [-0.05, 0) is 38.1 Å². The Labute approximate surface area is 173 Å². The maximum atomic E-state index is 13.4. The Morgan fingerprint density at radius 1 is 1.07 bits per heavy atom. The number of amides is 2. The Hall–Kier alpha value is -3.68. The molecule has 0 unspecified atom stereocenters. The van der Waals surface area contributed by atoms with E-state index in [-0.39, 0.29) is 12.3 Å². The minimum absolute atomic E-state index is 0.0711. The van der Waals surface area contributed by atoms with Gasteiger partial charge < -0.3 is 9.47 Å². The number of para-hydroxylation sites is 2. The van der Waals surface area contributed by atoms with Gasteiger partial charge >= 0.3 is 5.97 Å². The number of imide groups is 1. The highest BCUT2D eigenvalue weighted by atomic mass is 16.5. The van der Waals surface area contributed by atoms with Crippen molar-refractivity contribution in [3.8, 4) is 5.75 Å². The monoisotopic (exact) mass is 407 g/mol. The summed E-state index contributed by atoms with van der Waals surface area (Å²) in [5.41, 5.74) is 1.90. The van der Waals surface area contributed by atoms with Crippen LogP contribution in [0, 0.1) is 12.8 Å². The number of rotatable bonds is 5. The minimum atomic E-state index is -1.05. The summed E-state index contributed by atoms with van der Waals surface area (Å²) in [6.45, 7) is 3.75. The molecule has 0 aliphatic carbocycles. The number of anilines is 2. The Bertz CT molecular complexity index is 1050. The number of esters is 1. The summed E-state index contributed by atoms with van der Waals surface area (Å²) >= 11 is 0. The summed E-state index contributed by atoms with van der Waals surface area (Å²) in [6.07, 6.45) is 0. The Morgan fingerprint density at radius 3 is 2.43 bits per heavy atom. The van der Waals surface area contributed by atoms with Crippen molar-refractivity contribution < 1.29 is 23.9 Å². The second-order valence-corrected chi connectivity index (χ2v) is 6.99. The van der Waals surface area contributed by atoms with Crippen molar-refractivity contribution in [3.63, 3.8) is 0 Å². The van der Waals surface area contributed by atoms with E-state index in [4.69, 9.17) is 9.47 Å². The third kappa shape index (κ3) is 3.01. The van der Waals surface area contributed by atoms with Crippen molar-refractivity contribution in [1.29, 1.82) is 0 Å². The summed E-state index contributed by atoms with van der Waals surface area (Å²) in [4.78, 5) is 40.4. The number of hydrogen-bond acceptors (Lipinski definition) is 7. The third-order valence-corrected chi connectivity index (χ3v) is 5.16. The van der Waals surface area contributed by atoms with Crippen LogP contribution < -0.4 is 14.6 Å². The van der Waals surface area contributed by atoms with Gasteiger partial charge in [0.25, 0.3) is 5.91 Å². The fourth-order valence-corrected chi connectivity index (χ4v) is 3.75. The molecular formula is C22H21N3O5. The van der Waals surface area contributed by atoms with Gasteiger partial charge in [0.05, 0.1) is 25.1 Å². The van der Waals surface area contributed by atoms with Gasteiger partial charge in [0.15, 0.2) is 5.71 Å². The number of fused-ring (bicyclic) bond motifs is 1. The number of carbonyl (C=O) groups excluding carboxylic acids is 3. The van der Waals surface area contributed by atoms with Crippen molar-refractivity contribution in [1.82, 2.24) is 0 Å². The molecule has 2 heterocycles. The molecule has 2 aliphatic heterocycles. The SMILES string of the molecule is CCOC(=O)C1=NN(c2ccc(C)cc2)[C@@H]2C(=O)N(c3ccccc3OC)C(=O)[C@@H]12. The van der Waals surface area contributed by atoms with Crippen molar-refractivity contribution >= 4 is 34.9 Å². The van der Waals surface area contributed by atoms with Crippen LogP contribution in [0.15, 0.2) is 53.6 Å². The van der Waals surface area contributed by atoms with Gasteiger partial charge in [-0.1, -0.05) is 29.8 Å². The van der Waals surface area contributed by atoms with Crippen molar-refractivity contribution in [3.05, 3.63) is 54.1 Å². The van der Waals surface area contributed by atoms with E-state index in [1.165, 1.54) is 12.1 Å². The average Bonchev–Trinajstić information content (AvgIpc) is 3.26.